The van der Waals surface area contributed by atoms with Crippen molar-refractivity contribution in [2.45, 2.75) is 65.1 Å². The molecule has 3 aliphatic rings. The third kappa shape index (κ3) is 4.64. The highest BCUT2D eigenvalue weighted by Crippen LogP contribution is 2.34. The molecule has 0 saturated carbocycles. The number of carbonyl (C=O) groups is 2. The molecule has 1 saturated heterocycles. The predicted molar refractivity (Wildman–Crippen MR) is 122 cm³/mol. The van der Waals surface area contributed by atoms with Crippen molar-refractivity contribution in [1.29, 1.82) is 0 Å². The van der Waals surface area contributed by atoms with E-state index >= 15 is 0 Å². The van der Waals surface area contributed by atoms with Gasteiger partial charge in [0, 0.05) is 24.7 Å². The molecule has 0 spiro atoms. The third-order valence-electron chi connectivity index (χ3n) is 6.48. The lowest BCUT2D eigenvalue weighted by Gasteiger charge is -2.35. The average molecular weight is 426 g/mol. The Balaban J connectivity index is 1.57. The van der Waals surface area contributed by atoms with E-state index in [9.17, 15) is 9.59 Å². The number of benzene rings is 1. The smallest absolute Gasteiger partial charge is 0.414 e. The summed E-state index contributed by atoms with van der Waals surface area (Å²) in [4.78, 5) is 32.3. The highest BCUT2D eigenvalue weighted by molar-refractivity contribution is 5.99. The summed E-state index contributed by atoms with van der Waals surface area (Å²) >= 11 is 0. The molecule has 1 atom stereocenters. The number of carbonyl (C=O) groups excluding carboxylic acids is 2. The normalized spacial score (nSPS) is 23.1. The number of hydrogen-bond donors (Lipinski definition) is 0. The molecule has 6 heteroatoms. The molecular weight excluding hydrogens is 390 g/mol. The summed E-state index contributed by atoms with van der Waals surface area (Å²) in [6.07, 6.45) is 4.73. The van der Waals surface area contributed by atoms with Crippen molar-refractivity contribution in [2.24, 2.45) is 5.92 Å². The van der Waals surface area contributed by atoms with E-state index < -0.39 is 5.60 Å². The number of likely N-dealkylation sites (tertiary alicyclic amines) is 1. The van der Waals surface area contributed by atoms with Gasteiger partial charge in [0.25, 0.3) is 5.91 Å². The van der Waals surface area contributed by atoms with E-state index in [0.717, 1.165) is 54.7 Å². The highest BCUT2D eigenvalue weighted by atomic mass is 16.6. The summed E-state index contributed by atoms with van der Waals surface area (Å²) < 4.78 is 5.66. The number of amides is 2. The summed E-state index contributed by atoms with van der Waals surface area (Å²) in [5.74, 6) is 0.493. The van der Waals surface area contributed by atoms with E-state index in [1.165, 1.54) is 0 Å². The maximum absolute atomic E-state index is 13.3. The fourth-order valence-electron chi connectivity index (χ4n) is 4.76. The molecule has 3 aliphatic heterocycles. The van der Waals surface area contributed by atoms with Crippen LogP contribution in [0.5, 0.6) is 0 Å². The molecule has 1 aromatic rings. The van der Waals surface area contributed by atoms with E-state index in [1.54, 1.807) is 4.90 Å². The quantitative estimate of drug-likeness (QED) is 0.707. The first-order chi connectivity index (χ1) is 14.6. The van der Waals surface area contributed by atoms with E-state index in [-0.39, 0.29) is 12.0 Å². The third-order valence-corrected chi connectivity index (χ3v) is 6.48. The van der Waals surface area contributed by atoms with Crippen LogP contribution < -0.4 is 0 Å². The van der Waals surface area contributed by atoms with Crippen LogP contribution in [0.4, 0.5) is 4.79 Å². The van der Waals surface area contributed by atoms with Gasteiger partial charge < -0.3 is 14.5 Å². The summed E-state index contributed by atoms with van der Waals surface area (Å²) in [6, 6.07) is 6.39. The molecule has 31 heavy (non-hydrogen) atoms. The van der Waals surface area contributed by atoms with Crippen LogP contribution in [0, 0.1) is 5.92 Å². The van der Waals surface area contributed by atoms with E-state index in [1.807, 2.05) is 37.8 Å². The Labute approximate surface area is 185 Å². The molecule has 2 amide bonds. The second kappa shape index (κ2) is 8.30. The van der Waals surface area contributed by atoms with Crippen molar-refractivity contribution in [3.05, 3.63) is 41.0 Å². The molecule has 0 aliphatic carbocycles. The first kappa shape index (κ1) is 21.9. The van der Waals surface area contributed by atoms with Gasteiger partial charge in [-0.15, -0.1) is 0 Å². The maximum Gasteiger partial charge on any atom is 0.414 e. The van der Waals surface area contributed by atoms with Crippen LogP contribution in [0.2, 0.25) is 0 Å². The van der Waals surface area contributed by atoms with Crippen molar-refractivity contribution in [3.8, 4) is 0 Å². The minimum Gasteiger partial charge on any atom is -0.443 e. The number of piperidine rings is 1. The van der Waals surface area contributed by atoms with Crippen LogP contribution >= 0.6 is 0 Å². The molecule has 1 aromatic carbocycles. The van der Waals surface area contributed by atoms with Crippen LogP contribution in [0.1, 0.15) is 68.4 Å². The highest BCUT2D eigenvalue weighted by Gasteiger charge is 2.35. The Morgan fingerprint density at radius 1 is 1.16 bits per heavy atom. The number of allylic oxidation sites excluding steroid dienone is 1. The zero-order valence-electron chi connectivity index (χ0n) is 19.5. The fourth-order valence-corrected chi connectivity index (χ4v) is 4.76. The lowest BCUT2D eigenvalue weighted by molar-refractivity contribution is 0.0327. The van der Waals surface area contributed by atoms with Crippen LogP contribution in [-0.2, 0) is 11.3 Å². The molecule has 0 bridgehead atoms. The zero-order valence-corrected chi connectivity index (χ0v) is 19.5. The Kier molecular flexibility index (Phi) is 5.86. The number of hydrogen-bond acceptors (Lipinski definition) is 4. The second-order valence-electron chi connectivity index (χ2n) is 10.4. The van der Waals surface area contributed by atoms with Crippen molar-refractivity contribution >= 4 is 17.7 Å². The SMILES string of the molecule is CC1CC=C(c2ccc3c(c2)C(=O)N(C2CCN(C)CC2)C3)N(C(=O)OC(C)(C)C)C1. The lowest BCUT2D eigenvalue weighted by Crippen LogP contribution is -2.43. The molecule has 0 aromatic heterocycles. The van der Waals surface area contributed by atoms with Crippen molar-refractivity contribution in [2.75, 3.05) is 26.7 Å². The molecule has 1 unspecified atom stereocenters. The summed E-state index contributed by atoms with van der Waals surface area (Å²) in [7, 11) is 2.14. The number of nitrogens with zero attached hydrogens (tertiary/aromatic N) is 3. The van der Waals surface area contributed by atoms with Gasteiger partial charge in [-0.3, -0.25) is 9.69 Å². The molecule has 0 N–H and O–H groups in total. The van der Waals surface area contributed by atoms with Gasteiger partial charge >= 0.3 is 6.09 Å². The Morgan fingerprint density at radius 3 is 2.55 bits per heavy atom. The fraction of sp³-hybridized carbons (Fsp3) is 0.600. The topological polar surface area (TPSA) is 53.1 Å². The number of rotatable bonds is 2. The maximum atomic E-state index is 13.3. The van der Waals surface area contributed by atoms with Gasteiger partial charge in [0.2, 0.25) is 0 Å². The summed E-state index contributed by atoms with van der Waals surface area (Å²) in [6.45, 7) is 11.2. The standard InChI is InChI=1S/C25H35N3O3/c1-17-6-9-22(28(15-17)24(30)31-25(2,3)4)18-7-8-19-16-27(23(29)21(19)14-18)20-10-12-26(5)13-11-20/h7-9,14,17,20H,6,10-13,15-16H2,1-5H3. The largest absolute Gasteiger partial charge is 0.443 e. The van der Waals surface area contributed by atoms with Gasteiger partial charge in [0.1, 0.15) is 5.60 Å². The van der Waals surface area contributed by atoms with Crippen LogP contribution in [-0.4, -0.2) is 65.0 Å². The van der Waals surface area contributed by atoms with E-state index in [4.69, 9.17) is 4.74 Å². The molecule has 0 radical (unpaired) electrons. The van der Waals surface area contributed by atoms with Gasteiger partial charge in [-0.25, -0.2) is 4.79 Å². The number of fused-ring (bicyclic) bond motifs is 1. The minimum absolute atomic E-state index is 0.125. The van der Waals surface area contributed by atoms with Gasteiger partial charge in [-0.1, -0.05) is 25.1 Å². The minimum atomic E-state index is -0.550. The Hall–Kier alpha value is -2.34. The Bertz CT molecular complexity index is 894. The lowest BCUT2D eigenvalue weighted by atomic mass is 9.96. The summed E-state index contributed by atoms with van der Waals surface area (Å²) in [5, 5.41) is 0. The number of ether oxygens (including phenoxy) is 1. The predicted octanol–water partition coefficient (Wildman–Crippen LogP) is 4.35. The van der Waals surface area contributed by atoms with Gasteiger partial charge in [0.15, 0.2) is 0 Å². The van der Waals surface area contributed by atoms with Crippen LogP contribution in [0.15, 0.2) is 24.3 Å². The Morgan fingerprint density at radius 2 is 1.87 bits per heavy atom. The summed E-state index contributed by atoms with van der Waals surface area (Å²) in [5.41, 5.74) is 3.07. The van der Waals surface area contributed by atoms with Gasteiger partial charge in [0.05, 0.1) is 5.70 Å². The van der Waals surface area contributed by atoms with Gasteiger partial charge in [-0.2, -0.15) is 0 Å². The molecule has 1 fully saturated rings. The van der Waals surface area contributed by atoms with Crippen molar-refractivity contribution < 1.29 is 14.3 Å². The van der Waals surface area contributed by atoms with E-state index in [2.05, 4.69) is 31.0 Å². The average Bonchev–Trinajstić information content (AvgIpc) is 3.03. The first-order valence-corrected chi connectivity index (χ1v) is 11.5. The molecule has 3 heterocycles. The van der Waals surface area contributed by atoms with Crippen LogP contribution in [0.25, 0.3) is 5.70 Å². The zero-order chi connectivity index (χ0) is 22.3. The van der Waals surface area contributed by atoms with E-state index in [0.29, 0.717) is 25.0 Å². The molecular formula is C25H35N3O3. The van der Waals surface area contributed by atoms with Crippen molar-refractivity contribution in [3.63, 3.8) is 0 Å². The monoisotopic (exact) mass is 425 g/mol. The first-order valence-electron chi connectivity index (χ1n) is 11.5. The molecule has 6 nitrogen and oxygen atoms in total. The second-order valence-corrected chi connectivity index (χ2v) is 10.4. The van der Waals surface area contributed by atoms with Crippen LogP contribution in [0.3, 0.4) is 0 Å². The van der Waals surface area contributed by atoms with Crippen molar-refractivity contribution in [1.82, 2.24) is 14.7 Å². The molecule has 168 valence electrons. The molecule has 4 rings (SSSR count). The van der Waals surface area contributed by atoms with Gasteiger partial charge in [-0.05, 0) is 83.3 Å².